The van der Waals surface area contributed by atoms with Crippen LogP contribution in [0.5, 0.6) is 0 Å². The van der Waals surface area contributed by atoms with E-state index in [-0.39, 0.29) is 5.41 Å². The number of allylic oxidation sites excluding steroid dienone is 3. The topological polar surface area (TPSA) is 6.48 Å². The fourth-order valence-electron chi connectivity index (χ4n) is 16.5. The van der Waals surface area contributed by atoms with Gasteiger partial charge in [0.1, 0.15) is 0 Å². The molecule has 0 N–H and O–H groups in total. The normalized spacial score (nSPS) is 16.1. The van der Waals surface area contributed by atoms with E-state index in [0.29, 0.717) is 11.8 Å². The smallest absolute Gasteiger partial charge is 0.0715 e. The summed E-state index contributed by atoms with van der Waals surface area (Å²) in [6, 6.07) is 73.2. The van der Waals surface area contributed by atoms with Gasteiger partial charge in [-0.05, 0) is 244 Å². The van der Waals surface area contributed by atoms with Gasteiger partial charge in [-0.3, -0.25) is 0 Å². The average Bonchev–Trinajstić information content (AvgIpc) is 1.57. The van der Waals surface area contributed by atoms with Crippen molar-refractivity contribution >= 4 is 28.4 Å². The van der Waals surface area contributed by atoms with Crippen molar-refractivity contribution in [2.75, 3.05) is 9.80 Å². The van der Waals surface area contributed by atoms with Gasteiger partial charge in [0.15, 0.2) is 0 Å². The number of nitrogens with zero attached hydrogens (tertiary/aromatic N) is 2. The zero-order valence-electron chi connectivity index (χ0n) is 55.7. The van der Waals surface area contributed by atoms with Crippen LogP contribution >= 0.6 is 0 Å². The number of unbranched alkanes of at least 4 members (excludes halogenated alkanes) is 10. The monoisotopic (exact) mass is 1190 g/mol. The average molecular weight is 1190 g/mol. The maximum absolute atomic E-state index is 2.67. The number of fused-ring (bicyclic) bond motifs is 8. The minimum atomic E-state index is -0.596. The second kappa shape index (κ2) is 26.0. The predicted molar refractivity (Wildman–Crippen MR) is 389 cm³/mol. The van der Waals surface area contributed by atoms with E-state index in [0.717, 1.165) is 55.6 Å². The number of benzene rings is 9. The Morgan fingerprint density at radius 2 is 0.868 bits per heavy atom. The SMILES string of the molecule is CCCCCCCCC1(CCCCCCCC)c2cc(-c3ccc(N(c4ccc(C)cc4)c4ccc5c(c4)C(c4ccc6c(c4)CC6)(c4ccc6c(c4)CC6)c4cc(N(C6=CCC(C)C=C6)c6ccc(C)cc6)ccc4-5)cc3)ccc2-c2ccc(C(C)CC)cc21. The molecule has 2 atom stereocenters. The van der Waals surface area contributed by atoms with E-state index in [1.165, 1.54) is 202 Å². The van der Waals surface area contributed by atoms with Crippen molar-refractivity contribution in [3.05, 3.63) is 278 Å². The zero-order chi connectivity index (χ0) is 62.2. The third-order valence-electron chi connectivity index (χ3n) is 22.3. The van der Waals surface area contributed by atoms with Crippen LogP contribution in [0.25, 0.3) is 33.4 Å². The fourth-order valence-corrected chi connectivity index (χ4v) is 16.5. The van der Waals surface area contributed by atoms with E-state index in [9.17, 15) is 0 Å². The first-order chi connectivity index (χ1) is 44.6. The van der Waals surface area contributed by atoms with Crippen molar-refractivity contribution in [2.24, 2.45) is 5.92 Å². The molecule has 0 bridgehead atoms. The van der Waals surface area contributed by atoms with Crippen molar-refractivity contribution in [3.63, 3.8) is 0 Å². The number of rotatable bonds is 25. The van der Waals surface area contributed by atoms with E-state index >= 15 is 0 Å². The summed E-state index contributed by atoms with van der Waals surface area (Å²) in [6.45, 7) is 16.2. The second-order valence-corrected chi connectivity index (χ2v) is 28.3. The van der Waals surface area contributed by atoms with E-state index in [4.69, 9.17) is 0 Å². The molecule has 0 saturated carbocycles. The van der Waals surface area contributed by atoms with E-state index in [1.54, 1.807) is 11.1 Å². The van der Waals surface area contributed by atoms with Crippen molar-refractivity contribution in [1.82, 2.24) is 0 Å². The first-order valence-electron chi connectivity index (χ1n) is 35.6. The minimum Gasteiger partial charge on any atom is -0.311 e. The lowest BCUT2D eigenvalue weighted by molar-refractivity contribution is 0.397. The van der Waals surface area contributed by atoms with Crippen LogP contribution < -0.4 is 9.80 Å². The Morgan fingerprint density at radius 1 is 0.418 bits per heavy atom. The summed E-state index contributed by atoms with van der Waals surface area (Å²) in [5.74, 6) is 1.05. The highest BCUT2D eigenvalue weighted by molar-refractivity contribution is 5.92. The van der Waals surface area contributed by atoms with Gasteiger partial charge in [0.2, 0.25) is 0 Å². The highest BCUT2D eigenvalue weighted by atomic mass is 15.2. The molecule has 0 fully saturated rings. The van der Waals surface area contributed by atoms with Gasteiger partial charge in [-0.1, -0.05) is 250 Å². The van der Waals surface area contributed by atoms with Gasteiger partial charge in [0.05, 0.1) is 5.41 Å². The van der Waals surface area contributed by atoms with Crippen molar-refractivity contribution in [3.8, 4) is 33.4 Å². The summed E-state index contributed by atoms with van der Waals surface area (Å²) in [7, 11) is 0. The van der Waals surface area contributed by atoms with Crippen LogP contribution in [0.4, 0.5) is 28.4 Å². The quantitative estimate of drug-likeness (QED) is 0.0526. The first kappa shape index (κ1) is 60.6. The predicted octanol–water partition coefficient (Wildman–Crippen LogP) is 24.9. The van der Waals surface area contributed by atoms with Crippen LogP contribution in [0, 0.1) is 19.8 Å². The largest absolute Gasteiger partial charge is 0.311 e. The third kappa shape index (κ3) is 11.3. The molecule has 0 radical (unpaired) electrons. The molecule has 462 valence electrons. The summed E-state index contributed by atoms with van der Waals surface area (Å²) in [5.41, 5.74) is 33.2. The lowest BCUT2D eigenvalue weighted by atomic mass is 9.65. The molecule has 14 rings (SSSR count). The number of anilines is 5. The zero-order valence-corrected chi connectivity index (χ0v) is 55.7. The Balaban J connectivity index is 0.894. The highest BCUT2D eigenvalue weighted by Crippen LogP contribution is 2.60. The molecule has 2 heteroatoms. The number of hydrogen-bond acceptors (Lipinski definition) is 2. The molecule has 2 unspecified atom stereocenters. The molecule has 0 spiro atoms. The maximum Gasteiger partial charge on any atom is 0.0715 e. The molecule has 91 heavy (non-hydrogen) atoms. The Morgan fingerprint density at radius 3 is 1.37 bits per heavy atom. The molecule has 0 heterocycles. The van der Waals surface area contributed by atoms with Gasteiger partial charge < -0.3 is 9.80 Å². The minimum absolute atomic E-state index is 0.0105. The van der Waals surface area contributed by atoms with Crippen molar-refractivity contribution < 1.29 is 0 Å². The molecular weight excluding hydrogens is 1100 g/mol. The van der Waals surface area contributed by atoms with Gasteiger partial charge in [0, 0.05) is 39.5 Å². The van der Waals surface area contributed by atoms with Gasteiger partial charge in [-0.2, -0.15) is 0 Å². The fraction of sp³-hybridized carbons (Fsp3) is 0.348. The first-order valence-corrected chi connectivity index (χ1v) is 35.6. The highest BCUT2D eigenvalue weighted by Gasteiger charge is 2.48. The molecule has 0 amide bonds. The van der Waals surface area contributed by atoms with Gasteiger partial charge in [0.25, 0.3) is 0 Å². The molecule has 0 aliphatic heterocycles. The van der Waals surface area contributed by atoms with Gasteiger partial charge in [-0.15, -0.1) is 0 Å². The van der Waals surface area contributed by atoms with E-state index in [2.05, 4.69) is 258 Å². The lowest BCUT2D eigenvalue weighted by Gasteiger charge is -2.38. The molecule has 5 aliphatic rings. The van der Waals surface area contributed by atoms with Gasteiger partial charge in [-0.25, -0.2) is 0 Å². The van der Waals surface area contributed by atoms with Crippen LogP contribution in [0.3, 0.4) is 0 Å². The molecular formula is C89H96N2. The van der Waals surface area contributed by atoms with Crippen LogP contribution in [0.2, 0.25) is 0 Å². The van der Waals surface area contributed by atoms with Crippen LogP contribution in [-0.4, -0.2) is 0 Å². The summed E-state index contributed by atoms with van der Waals surface area (Å²) < 4.78 is 0. The van der Waals surface area contributed by atoms with Crippen LogP contribution in [-0.2, 0) is 36.5 Å². The molecule has 9 aromatic rings. The van der Waals surface area contributed by atoms with E-state index in [1.807, 2.05) is 0 Å². The Hall–Kier alpha value is -7.94. The summed E-state index contributed by atoms with van der Waals surface area (Å²) >= 11 is 0. The Labute approximate surface area is 546 Å². The second-order valence-electron chi connectivity index (χ2n) is 28.3. The number of hydrogen-bond donors (Lipinski definition) is 0. The maximum atomic E-state index is 2.67. The van der Waals surface area contributed by atoms with Gasteiger partial charge >= 0.3 is 0 Å². The number of aryl methyl sites for hydroxylation is 6. The molecule has 0 saturated heterocycles. The van der Waals surface area contributed by atoms with E-state index < -0.39 is 5.41 Å². The standard InChI is InChI=1S/C89H96N2/c1-8-11-13-15-17-19-53-88(54-20-18-16-14-12-9-2)84-57-68(64(7)10-3)35-49-80(84)81-50-36-71(58-85(81)88)67-33-45-77(46-34-67)91(76-43-25-63(6)26-44-76)79-48-52-83-82-51-47-78(90(74-39-21-61(4)22-40-74)75-41-23-62(5)24-42-75)59-86(82)89(87(83)60-79,72-37-31-65-27-29-69(65)55-72)73-38-32-66-28-30-70(66)56-73/h21-23,25-26,31-52,55-60,62,64H,8-20,24,27-30,53-54H2,1-7H3. The van der Waals surface area contributed by atoms with Crippen molar-refractivity contribution in [2.45, 2.75) is 194 Å². The molecule has 2 nitrogen and oxygen atoms in total. The molecule has 5 aliphatic carbocycles. The Kier molecular flexibility index (Phi) is 17.3. The van der Waals surface area contributed by atoms with Crippen LogP contribution in [0.15, 0.2) is 206 Å². The lowest BCUT2D eigenvalue weighted by Crippen LogP contribution is -2.31. The third-order valence-corrected chi connectivity index (χ3v) is 22.3. The summed E-state index contributed by atoms with van der Waals surface area (Å²) in [5, 5.41) is 0. The van der Waals surface area contributed by atoms with Crippen LogP contribution in [0.1, 0.15) is 216 Å². The molecule has 0 aromatic heterocycles. The summed E-state index contributed by atoms with van der Waals surface area (Å²) in [4.78, 5) is 5.04. The Bertz CT molecular complexity index is 4100. The van der Waals surface area contributed by atoms with Crippen molar-refractivity contribution in [1.29, 1.82) is 0 Å². The summed E-state index contributed by atoms with van der Waals surface area (Å²) in [6.07, 6.45) is 32.2. The molecule has 9 aromatic carbocycles.